The van der Waals surface area contributed by atoms with E-state index >= 15 is 0 Å². The van der Waals surface area contributed by atoms with Crippen LogP contribution in [0.2, 0.25) is 0 Å². The number of fused-ring (bicyclic) bond motifs is 1. The molecule has 2 atom stereocenters. The number of hydrogen-bond acceptors (Lipinski definition) is 6. The van der Waals surface area contributed by atoms with Gasteiger partial charge in [0.2, 0.25) is 11.1 Å². The Morgan fingerprint density at radius 3 is 2.86 bits per heavy atom. The highest BCUT2D eigenvalue weighted by Crippen LogP contribution is 2.30. The SMILES string of the molecule is CC(Sc1nnnn1-c1ccc(O)cc1)C(=O)NC1CCCc2ccccc21. The molecule has 2 aromatic carbocycles. The molecule has 0 bridgehead atoms. The predicted molar refractivity (Wildman–Crippen MR) is 106 cm³/mol. The van der Waals surface area contributed by atoms with Crippen molar-refractivity contribution in [2.24, 2.45) is 0 Å². The van der Waals surface area contributed by atoms with E-state index in [0.717, 1.165) is 24.9 Å². The second kappa shape index (κ2) is 8.02. The molecule has 1 aliphatic rings. The van der Waals surface area contributed by atoms with Crippen molar-refractivity contribution >= 4 is 17.7 Å². The summed E-state index contributed by atoms with van der Waals surface area (Å²) in [6, 6.07) is 14.9. The molecule has 2 N–H and O–H groups in total. The van der Waals surface area contributed by atoms with E-state index < -0.39 is 0 Å². The van der Waals surface area contributed by atoms with Gasteiger partial charge in [-0.1, -0.05) is 36.0 Å². The largest absolute Gasteiger partial charge is 0.508 e. The van der Waals surface area contributed by atoms with Gasteiger partial charge in [-0.3, -0.25) is 4.79 Å². The molecular formula is C20H21N5O2S. The highest BCUT2D eigenvalue weighted by Gasteiger charge is 2.25. The van der Waals surface area contributed by atoms with Gasteiger partial charge in [0.1, 0.15) is 5.75 Å². The standard InChI is InChI=1S/C20H21N5O2S/c1-13(19(27)21-18-8-4-6-14-5-2-3-7-17(14)18)28-20-22-23-24-25(20)15-9-11-16(26)12-10-15/h2-3,5,7,9-13,18,26H,4,6,8H2,1H3,(H,21,27). The Labute approximate surface area is 167 Å². The average Bonchev–Trinajstić information content (AvgIpc) is 3.17. The van der Waals surface area contributed by atoms with Crippen LogP contribution in [0.15, 0.2) is 53.7 Å². The monoisotopic (exact) mass is 395 g/mol. The lowest BCUT2D eigenvalue weighted by Gasteiger charge is -2.27. The molecule has 0 saturated heterocycles. The fraction of sp³-hybridized carbons (Fsp3) is 0.300. The summed E-state index contributed by atoms with van der Waals surface area (Å²) in [5.74, 6) is 0.137. The molecule has 1 aromatic heterocycles. The summed E-state index contributed by atoms with van der Waals surface area (Å²) in [5, 5.41) is 24.6. The van der Waals surface area contributed by atoms with Crippen LogP contribution in [-0.4, -0.2) is 36.5 Å². The van der Waals surface area contributed by atoms with Crippen molar-refractivity contribution in [2.75, 3.05) is 0 Å². The number of hydrogen-bond donors (Lipinski definition) is 2. The Bertz CT molecular complexity index is 973. The van der Waals surface area contributed by atoms with Crippen LogP contribution in [0, 0.1) is 0 Å². The molecule has 4 rings (SSSR count). The molecule has 1 aliphatic carbocycles. The lowest BCUT2D eigenvalue weighted by molar-refractivity contribution is -0.121. The van der Waals surface area contributed by atoms with Gasteiger partial charge >= 0.3 is 0 Å². The van der Waals surface area contributed by atoms with Crippen LogP contribution in [0.1, 0.15) is 36.9 Å². The van der Waals surface area contributed by atoms with Gasteiger partial charge in [-0.2, -0.15) is 4.68 Å². The summed E-state index contributed by atoms with van der Waals surface area (Å²) in [7, 11) is 0. The summed E-state index contributed by atoms with van der Waals surface area (Å²) < 4.78 is 1.56. The van der Waals surface area contributed by atoms with Gasteiger partial charge in [-0.25, -0.2) is 0 Å². The van der Waals surface area contributed by atoms with Crippen molar-refractivity contribution in [1.82, 2.24) is 25.5 Å². The lowest BCUT2D eigenvalue weighted by Crippen LogP contribution is -2.36. The molecule has 7 nitrogen and oxygen atoms in total. The minimum absolute atomic E-state index is 0.0352. The number of carbonyl (C=O) groups is 1. The topological polar surface area (TPSA) is 92.9 Å². The Balaban J connectivity index is 1.45. The number of nitrogens with one attached hydrogen (secondary N) is 1. The van der Waals surface area contributed by atoms with E-state index in [4.69, 9.17) is 0 Å². The summed E-state index contributed by atoms with van der Waals surface area (Å²) in [5.41, 5.74) is 3.25. The van der Waals surface area contributed by atoms with Gasteiger partial charge in [-0.05, 0) is 72.0 Å². The predicted octanol–water partition coefficient (Wildman–Crippen LogP) is 3.04. The van der Waals surface area contributed by atoms with Gasteiger partial charge in [0.15, 0.2) is 0 Å². The molecule has 8 heteroatoms. The summed E-state index contributed by atoms with van der Waals surface area (Å²) >= 11 is 1.31. The van der Waals surface area contributed by atoms with E-state index in [2.05, 4.69) is 33.0 Å². The first kappa shape index (κ1) is 18.5. The van der Waals surface area contributed by atoms with E-state index in [1.807, 2.05) is 19.1 Å². The maximum atomic E-state index is 12.8. The van der Waals surface area contributed by atoms with Crippen molar-refractivity contribution in [3.8, 4) is 11.4 Å². The third-order valence-electron chi connectivity index (χ3n) is 4.87. The molecule has 0 fully saturated rings. The second-order valence-electron chi connectivity index (χ2n) is 6.80. The second-order valence-corrected chi connectivity index (χ2v) is 8.11. The van der Waals surface area contributed by atoms with Crippen molar-refractivity contribution in [3.63, 3.8) is 0 Å². The van der Waals surface area contributed by atoms with Crippen LogP contribution in [-0.2, 0) is 11.2 Å². The Morgan fingerprint density at radius 2 is 2.04 bits per heavy atom. The molecule has 1 heterocycles. The number of carbonyl (C=O) groups excluding carboxylic acids is 1. The first-order valence-electron chi connectivity index (χ1n) is 9.24. The van der Waals surface area contributed by atoms with Crippen LogP contribution in [0.25, 0.3) is 5.69 Å². The Kier molecular flexibility index (Phi) is 5.29. The first-order chi connectivity index (χ1) is 13.6. The number of nitrogens with zero attached hydrogens (tertiary/aromatic N) is 4. The summed E-state index contributed by atoms with van der Waals surface area (Å²) in [4.78, 5) is 12.8. The highest BCUT2D eigenvalue weighted by molar-refractivity contribution is 8.00. The zero-order valence-electron chi connectivity index (χ0n) is 15.4. The molecule has 0 radical (unpaired) electrons. The van der Waals surface area contributed by atoms with E-state index in [1.54, 1.807) is 28.9 Å². The van der Waals surface area contributed by atoms with Crippen LogP contribution < -0.4 is 5.32 Å². The van der Waals surface area contributed by atoms with Crippen LogP contribution in [0.4, 0.5) is 0 Å². The average molecular weight is 395 g/mol. The Morgan fingerprint density at radius 1 is 1.25 bits per heavy atom. The van der Waals surface area contributed by atoms with Gasteiger partial charge in [0, 0.05) is 0 Å². The molecule has 0 saturated carbocycles. The third kappa shape index (κ3) is 3.87. The van der Waals surface area contributed by atoms with Crippen molar-refractivity contribution < 1.29 is 9.90 Å². The first-order valence-corrected chi connectivity index (χ1v) is 10.1. The van der Waals surface area contributed by atoms with Gasteiger partial charge in [0.25, 0.3) is 0 Å². The molecule has 144 valence electrons. The minimum Gasteiger partial charge on any atom is -0.508 e. The number of aryl methyl sites for hydroxylation is 1. The number of tetrazole rings is 1. The zero-order valence-corrected chi connectivity index (χ0v) is 16.3. The van der Waals surface area contributed by atoms with E-state index in [-0.39, 0.29) is 22.9 Å². The van der Waals surface area contributed by atoms with Crippen LogP contribution in [0.5, 0.6) is 5.75 Å². The van der Waals surface area contributed by atoms with Crippen molar-refractivity contribution in [3.05, 3.63) is 59.7 Å². The lowest BCUT2D eigenvalue weighted by atomic mass is 9.88. The van der Waals surface area contributed by atoms with Gasteiger partial charge in [-0.15, -0.1) is 5.10 Å². The quantitative estimate of drug-likeness (QED) is 0.645. The number of amides is 1. The number of rotatable bonds is 5. The van der Waals surface area contributed by atoms with E-state index in [1.165, 1.54) is 22.9 Å². The molecule has 3 aromatic rings. The number of aromatic nitrogens is 4. The number of thioether (sulfide) groups is 1. The number of phenolic OH excluding ortho intramolecular Hbond substituents is 1. The number of phenols is 1. The zero-order chi connectivity index (χ0) is 19.5. The maximum Gasteiger partial charge on any atom is 0.233 e. The smallest absolute Gasteiger partial charge is 0.233 e. The van der Waals surface area contributed by atoms with Crippen LogP contribution >= 0.6 is 11.8 Å². The molecule has 0 aliphatic heterocycles. The van der Waals surface area contributed by atoms with E-state index in [9.17, 15) is 9.90 Å². The molecular weight excluding hydrogens is 374 g/mol. The fourth-order valence-electron chi connectivity index (χ4n) is 3.41. The molecule has 0 spiro atoms. The minimum atomic E-state index is -0.351. The fourth-order valence-corrected chi connectivity index (χ4v) is 4.23. The normalized spacial score (nSPS) is 17.0. The maximum absolute atomic E-state index is 12.8. The third-order valence-corrected chi connectivity index (χ3v) is 5.91. The molecule has 28 heavy (non-hydrogen) atoms. The van der Waals surface area contributed by atoms with E-state index in [0.29, 0.717) is 5.16 Å². The number of benzene rings is 2. The van der Waals surface area contributed by atoms with Gasteiger partial charge in [0.05, 0.1) is 17.0 Å². The van der Waals surface area contributed by atoms with Crippen molar-refractivity contribution in [1.29, 1.82) is 0 Å². The Hall–Kier alpha value is -2.87. The molecule has 2 unspecified atom stereocenters. The summed E-state index contributed by atoms with van der Waals surface area (Å²) in [6.07, 6.45) is 3.09. The molecule has 1 amide bonds. The van der Waals surface area contributed by atoms with Crippen LogP contribution in [0.3, 0.4) is 0 Å². The van der Waals surface area contributed by atoms with Gasteiger partial charge < -0.3 is 10.4 Å². The summed E-state index contributed by atoms with van der Waals surface area (Å²) in [6.45, 7) is 1.85. The number of aromatic hydroxyl groups is 1. The highest BCUT2D eigenvalue weighted by atomic mass is 32.2. The van der Waals surface area contributed by atoms with Crippen molar-refractivity contribution in [2.45, 2.75) is 42.6 Å².